The molecule has 4 heteroatoms. The standard InChI is InChI=1S/C11H9ClS3/c1-2-14-11(13)10-6-7-8(12)4-3-5-9(7)15-10/h3-6H,2H2,1H3. The molecular weight excluding hydrogens is 264 g/mol. The topological polar surface area (TPSA) is 0 Å². The van der Waals surface area contributed by atoms with Gasteiger partial charge in [0.2, 0.25) is 0 Å². The maximum absolute atomic E-state index is 6.11. The molecule has 0 saturated carbocycles. The van der Waals surface area contributed by atoms with Gasteiger partial charge in [0.1, 0.15) is 0 Å². The summed E-state index contributed by atoms with van der Waals surface area (Å²) in [5.41, 5.74) is 0. The maximum Gasteiger partial charge on any atom is 0.0878 e. The van der Waals surface area contributed by atoms with Gasteiger partial charge >= 0.3 is 0 Å². The van der Waals surface area contributed by atoms with Crippen LogP contribution in [-0.2, 0) is 0 Å². The Morgan fingerprint density at radius 3 is 3.00 bits per heavy atom. The first-order valence-corrected chi connectivity index (χ1v) is 7.16. The van der Waals surface area contributed by atoms with Crippen LogP contribution in [0.4, 0.5) is 0 Å². The third kappa shape index (κ3) is 2.36. The van der Waals surface area contributed by atoms with Crippen LogP contribution in [0, 0.1) is 0 Å². The lowest BCUT2D eigenvalue weighted by Gasteiger charge is -1.94. The fourth-order valence-electron chi connectivity index (χ4n) is 1.33. The Morgan fingerprint density at radius 1 is 1.53 bits per heavy atom. The van der Waals surface area contributed by atoms with Crippen molar-refractivity contribution in [1.29, 1.82) is 0 Å². The van der Waals surface area contributed by atoms with Crippen LogP contribution in [0.15, 0.2) is 24.3 Å². The van der Waals surface area contributed by atoms with Gasteiger partial charge in [0.05, 0.1) is 9.07 Å². The fraction of sp³-hybridized carbons (Fsp3) is 0.182. The molecule has 0 bridgehead atoms. The number of thioether (sulfide) groups is 1. The van der Waals surface area contributed by atoms with E-state index in [0.29, 0.717) is 0 Å². The number of thiophene rings is 1. The molecule has 1 aromatic heterocycles. The maximum atomic E-state index is 6.11. The van der Waals surface area contributed by atoms with Gasteiger partial charge < -0.3 is 0 Å². The molecule has 15 heavy (non-hydrogen) atoms. The third-order valence-electron chi connectivity index (χ3n) is 1.98. The molecule has 2 rings (SSSR count). The van der Waals surface area contributed by atoms with Gasteiger partial charge in [0.25, 0.3) is 0 Å². The molecule has 0 unspecified atom stereocenters. The van der Waals surface area contributed by atoms with Crippen molar-refractivity contribution in [3.63, 3.8) is 0 Å². The summed E-state index contributed by atoms with van der Waals surface area (Å²) in [6, 6.07) is 8.05. The summed E-state index contributed by atoms with van der Waals surface area (Å²) in [6.07, 6.45) is 0. The number of benzene rings is 1. The predicted octanol–water partition coefficient (Wildman–Crippen LogP) is 4.98. The highest BCUT2D eigenvalue weighted by molar-refractivity contribution is 8.23. The van der Waals surface area contributed by atoms with Gasteiger partial charge in [-0.25, -0.2) is 0 Å². The van der Waals surface area contributed by atoms with E-state index in [-0.39, 0.29) is 0 Å². The number of hydrogen-bond acceptors (Lipinski definition) is 3. The lowest BCUT2D eigenvalue weighted by atomic mass is 10.2. The van der Waals surface area contributed by atoms with E-state index >= 15 is 0 Å². The first kappa shape index (κ1) is 11.4. The molecule has 0 N–H and O–H groups in total. The quantitative estimate of drug-likeness (QED) is 0.707. The van der Waals surface area contributed by atoms with Crippen LogP contribution in [0.25, 0.3) is 10.1 Å². The van der Waals surface area contributed by atoms with E-state index in [1.165, 1.54) is 4.70 Å². The molecule has 0 aliphatic carbocycles. The Labute approximate surface area is 108 Å². The van der Waals surface area contributed by atoms with E-state index in [9.17, 15) is 0 Å². The summed E-state index contributed by atoms with van der Waals surface area (Å²) in [4.78, 5) is 1.15. The average Bonchev–Trinajstić information content (AvgIpc) is 2.63. The Balaban J connectivity index is 2.47. The predicted molar refractivity (Wildman–Crippen MR) is 76.7 cm³/mol. The summed E-state index contributed by atoms with van der Waals surface area (Å²) in [5, 5.41) is 1.91. The van der Waals surface area contributed by atoms with E-state index < -0.39 is 0 Å². The van der Waals surface area contributed by atoms with E-state index in [2.05, 4.69) is 19.1 Å². The Morgan fingerprint density at radius 2 is 2.33 bits per heavy atom. The molecule has 1 aromatic carbocycles. The van der Waals surface area contributed by atoms with Crippen molar-refractivity contribution in [2.75, 3.05) is 5.75 Å². The molecule has 0 nitrogen and oxygen atoms in total. The Hall–Kier alpha value is -0.0900. The van der Waals surface area contributed by atoms with Crippen LogP contribution in [0.1, 0.15) is 11.8 Å². The zero-order valence-electron chi connectivity index (χ0n) is 8.12. The van der Waals surface area contributed by atoms with E-state index in [0.717, 1.165) is 25.2 Å². The van der Waals surface area contributed by atoms with Gasteiger partial charge in [0.15, 0.2) is 0 Å². The van der Waals surface area contributed by atoms with Crippen LogP contribution in [0.2, 0.25) is 5.02 Å². The largest absolute Gasteiger partial charge is 0.134 e. The Bertz CT molecular complexity index is 502. The van der Waals surface area contributed by atoms with Crippen LogP contribution in [0.3, 0.4) is 0 Å². The van der Waals surface area contributed by atoms with E-state index in [1.807, 2.05) is 12.1 Å². The van der Waals surface area contributed by atoms with Crippen molar-refractivity contribution >= 4 is 61.2 Å². The van der Waals surface area contributed by atoms with Gasteiger partial charge in [-0.2, -0.15) is 0 Å². The number of halogens is 1. The second-order valence-corrected chi connectivity index (χ2v) is 6.41. The summed E-state index contributed by atoms with van der Waals surface area (Å²) in [7, 11) is 0. The van der Waals surface area contributed by atoms with Crippen molar-refractivity contribution < 1.29 is 0 Å². The van der Waals surface area contributed by atoms with Crippen molar-refractivity contribution in [2.24, 2.45) is 0 Å². The average molecular weight is 273 g/mol. The van der Waals surface area contributed by atoms with Gasteiger partial charge in [-0.3, -0.25) is 0 Å². The molecule has 2 aromatic rings. The minimum Gasteiger partial charge on any atom is -0.134 e. The molecule has 0 saturated heterocycles. The fourth-order valence-corrected chi connectivity index (χ4v) is 3.84. The molecule has 0 amide bonds. The third-order valence-corrected chi connectivity index (χ3v) is 5.03. The summed E-state index contributed by atoms with van der Waals surface area (Å²) in [5.74, 6) is 1.01. The summed E-state index contributed by atoms with van der Waals surface area (Å²) < 4.78 is 2.17. The highest BCUT2D eigenvalue weighted by Gasteiger charge is 2.08. The number of thiocarbonyl (C=S) groups is 1. The highest BCUT2D eigenvalue weighted by Crippen LogP contribution is 2.33. The molecule has 0 aliphatic rings. The van der Waals surface area contributed by atoms with E-state index in [4.69, 9.17) is 23.8 Å². The molecule has 0 atom stereocenters. The van der Waals surface area contributed by atoms with Crippen molar-refractivity contribution in [3.05, 3.63) is 34.2 Å². The van der Waals surface area contributed by atoms with Gasteiger partial charge in [-0.15, -0.1) is 23.1 Å². The van der Waals surface area contributed by atoms with Crippen LogP contribution < -0.4 is 0 Å². The minimum atomic E-state index is 0.805. The second kappa shape index (κ2) is 4.83. The van der Waals surface area contributed by atoms with Crippen LogP contribution >= 0.6 is 46.9 Å². The van der Waals surface area contributed by atoms with Crippen molar-refractivity contribution in [1.82, 2.24) is 0 Å². The summed E-state index contributed by atoms with van der Waals surface area (Å²) in [6.45, 7) is 2.11. The zero-order valence-corrected chi connectivity index (χ0v) is 11.3. The molecule has 0 radical (unpaired) electrons. The molecule has 1 heterocycles. The molecule has 0 fully saturated rings. The normalized spacial score (nSPS) is 10.8. The highest BCUT2D eigenvalue weighted by atomic mass is 35.5. The molecular formula is C11H9ClS3. The van der Waals surface area contributed by atoms with E-state index in [1.54, 1.807) is 23.1 Å². The SMILES string of the molecule is CCSC(=S)c1cc2c(Cl)cccc2s1. The van der Waals surface area contributed by atoms with Crippen molar-refractivity contribution in [3.8, 4) is 0 Å². The zero-order chi connectivity index (χ0) is 10.8. The smallest absolute Gasteiger partial charge is 0.0878 e. The van der Waals surface area contributed by atoms with Crippen LogP contribution in [-0.4, -0.2) is 9.95 Å². The lowest BCUT2D eigenvalue weighted by Crippen LogP contribution is -1.85. The number of rotatable bonds is 2. The minimum absolute atomic E-state index is 0.805. The Kier molecular flexibility index (Phi) is 3.67. The first-order valence-electron chi connectivity index (χ1n) is 4.57. The van der Waals surface area contributed by atoms with Crippen LogP contribution in [0.5, 0.6) is 0 Å². The first-order chi connectivity index (χ1) is 7.22. The number of hydrogen-bond donors (Lipinski definition) is 0. The van der Waals surface area contributed by atoms with Crippen molar-refractivity contribution in [2.45, 2.75) is 6.92 Å². The lowest BCUT2D eigenvalue weighted by molar-refractivity contribution is 1.54. The second-order valence-electron chi connectivity index (χ2n) is 2.98. The van der Waals surface area contributed by atoms with Gasteiger partial charge in [-0.1, -0.05) is 36.8 Å². The molecule has 0 aliphatic heterocycles. The molecule has 0 spiro atoms. The summed E-state index contributed by atoms with van der Waals surface area (Å²) >= 11 is 14.9. The molecule has 78 valence electrons. The number of fused-ring (bicyclic) bond motifs is 1. The monoisotopic (exact) mass is 272 g/mol. The van der Waals surface area contributed by atoms with Gasteiger partial charge in [-0.05, 0) is 24.0 Å². The van der Waals surface area contributed by atoms with Gasteiger partial charge in [0, 0.05) is 15.1 Å².